The molecule has 0 aliphatic heterocycles. The van der Waals surface area contributed by atoms with Crippen LogP contribution in [-0.2, 0) is 19.0 Å². The summed E-state index contributed by atoms with van der Waals surface area (Å²) in [5.74, 6) is 0. The van der Waals surface area contributed by atoms with Crippen molar-refractivity contribution in [3.8, 4) is 0 Å². The Morgan fingerprint density at radius 2 is 0.750 bits per heavy atom. The van der Waals surface area contributed by atoms with Crippen molar-refractivity contribution < 1.29 is 5.48 Å². The van der Waals surface area contributed by atoms with Crippen molar-refractivity contribution in [2.24, 2.45) is 0 Å². The molecule has 20 valence electrons. The van der Waals surface area contributed by atoms with Gasteiger partial charge in [0, 0.05) is 0 Å². The summed E-state index contributed by atoms with van der Waals surface area (Å²) in [6.07, 6.45) is 0. The minimum absolute atomic E-state index is 0. The van der Waals surface area contributed by atoms with Crippen LogP contribution in [0.2, 0.25) is 0 Å². The van der Waals surface area contributed by atoms with Gasteiger partial charge in [0.15, 0.2) is 0 Å². The first kappa shape index (κ1) is 35.2. The molecule has 0 aromatic carbocycles. The SMILES string of the molecule is [O-2].[Pb+2].[Pb+2].[S-2]. The quantitative estimate of drug-likeness (QED) is 0.419. The molecule has 0 saturated heterocycles. The van der Waals surface area contributed by atoms with Crippen LogP contribution in [0.15, 0.2) is 0 Å². The van der Waals surface area contributed by atoms with Gasteiger partial charge in [0.2, 0.25) is 0 Å². The van der Waals surface area contributed by atoms with E-state index < -0.39 is 0 Å². The molecule has 0 aliphatic rings. The van der Waals surface area contributed by atoms with Gasteiger partial charge in [-0.05, 0) is 0 Å². The summed E-state index contributed by atoms with van der Waals surface area (Å²) in [6.45, 7) is 0. The van der Waals surface area contributed by atoms with Crippen molar-refractivity contribution in [2.75, 3.05) is 0 Å². The summed E-state index contributed by atoms with van der Waals surface area (Å²) in [6, 6.07) is 0. The standard InChI is InChI=1S/O.2Pb.S/q-2;2*+2;-2. The van der Waals surface area contributed by atoms with Crippen LogP contribution in [0.5, 0.6) is 0 Å². The zero-order valence-corrected chi connectivity index (χ0v) is 10.4. The van der Waals surface area contributed by atoms with Gasteiger partial charge >= 0.3 is 54.6 Å². The molecule has 0 aromatic heterocycles. The van der Waals surface area contributed by atoms with E-state index in [0.29, 0.717) is 0 Å². The van der Waals surface area contributed by atoms with E-state index in [1.54, 1.807) is 0 Å². The summed E-state index contributed by atoms with van der Waals surface area (Å²) < 4.78 is 0. The van der Waals surface area contributed by atoms with Crippen molar-refractivity contribution in [3.05, 3.63) is 0 Å². The van der Waals surface area contributed by atoms with Crippen LogP contribution in [0, 0.1) is 0 Å². The van der Waals surface area contributed by atoms with Gasteiger partial charge in [0.05, 0.1) is 0 Å². The second kappa shape index (κ2) is 19.2. The van der Waals surface area contributed by atoms with Crippen LogP contribution < -0.4 is 0 Å². The van der Waals surface area contributed by atoms with E-state index in [0.717, 1.165) is 0 Å². The number of hydrogen-bond acceptors (Lipinski definition) is 0. The van der Waals surface area contributed by atoms with Gasteiger partial charge in [0.25, 0.3) is 0 Å². The second-order valence-electron chi connectivity index (χ2n) is 0. The molecule has 0 aliphatic carbocycles. The molecular weight excluding hydrogens is 462 g/mol. The summed E-state index contributed by atoms with van der Waals surface area (Å²) in [4.78, 5) is 0. The van der Waals surface area contributed by atoms with E-state index in [1.165, 1.54) is 0 Å². The molecule has 0 bridgehead atoms. The van der Waals surface area contributed by atoms with Crippen LogP contribution in [0.3, 0.4) is 0 Å². The van der Waals surface area contributed by atoms with E-state index in [4.69, 9.17) is 0 Å². The Morgan fingerprint density at radius 3 is 0.750 bits per heavy atom. The Kier molecular flexibility index (Phi) is 169. The van der Waals surface area contributed by atoms with E-state index >= 15 is 0 Å². The molecule has 1 nitrogen and oxygen atoms in total. The largest absolute Gasteiger partial charge is 2.00 e. The van der Waals surface area contributed by atoms with Gasteiger partial charge < -0.3 is 19.0 Å². The van der Waals surface area contributed by atoms with Crippen molar-refractivity contribution in [3.63, 3.8) is 0 Å². The van der Waals surface area contributed by atoms with E-state index in [-0.39, 0.29) is 73.6 Å². The minimum Gasteiger partial charge on any atom is -2.00 e. The Bertz CT molecular complexity index is 6.00. The first-order valence-corrected chi connectivity index (χ1v) is 0. The monoisotopic (exact) mass is 464 g/mol. The summed E-state index contributed by atoms with van der Waals surface area (Å²) in [7, 11) is 0. The predicted molar refractivity (Wildman–Crippen MR) is 19.6 cm³/mol. The van der Waals surface area contributed by atoms with Crippen LogP contribution in [-0.4, -0.2) is 54.6 Å². The van der Waals surface area contributed by atoms with Crippen molar-refractivity contribution >= 4 is 68.1 Å². The Hall–Kier alpha value is 2.15. The minimum atomic E-state index is 0. The first-order valence-electron chi connectivity index (χ1n) is 0. The second-order valence-corrected chi connectivity index (χ2v) is 0. The maximum Gasteiger partial charge on any atom is 2.00 e. The molecular formula is OPb2S. The normalized spacial score (nSPS) is 0. The molecule has 0 unspecified atom stereocenters. The Balaban J connectivity index is 0. The fraction of sp³-hybridized carbons (Fsp3) is 0. The average Bonchev–Trinajstić information content (AvgIpc) is 0. The van der Waals surface area contributed by atoms with Crippen LogP contribution in [0.25, 0.3) is 0 Å². The van der Waals surface area contributed by atoms with E-state index in [9.17, 15) is 0 Å². The molecule has 4 heavy (non-hydrogen) atoms. The van der Waals surface area contributed by atoms with Crippen molar-refractivity contribution in [1.29, 1.82) is 0 Å². The molecule has 0 fully saturated rings. The third kappa shape index (κ3) is 8.91. The molecule has 0 spiro atoms. The summed E-state index contributed by atoms with van der Waals surface area (Å²) >= 11 is 0. The maximum absolute atomic E-state index is 0. The van der Waals surface area contributed by atoms with Crippen molar-refractivity contribution in [2.45, 2.75) is 0 Å². The molecule has 4 radical (unpaired) electrons. The van der Waals surface area contributed by atoms with Crippen LogP contribution in [0.4, 0.5) is 0 Å². The molecule has 0 N–H and O–H groups in total. The number of rotatable bonds is 0. The average molecular weight is 462 g/mol. The molecule has 4 heteroatoms. The Morgan fingerprint density at radius 1 is 0.750 bits per heavy atom. The van der Waals surface area contributed by atoms with Crippen LogP contribution >= 0.6 is 0 Å². The zero-order chi connectivity index (χ0) is 0. The first-order chi connectivity index (χ1) is 0. The Labute approximate surface area is 72.6 Å². The van der Waals surface area contributed by atoms with Gasteiger partial charge in [-0.3, -0.25) is 0 Å². The van der Waals surface area contributed by atoms with Gasteiger partial charge in [0.1, 0.15) is 0 Å². The fourth-order valence-corrected chi connectivity index (χ4v) is 0. The number of hydrogen-bond donors (Lipinski definition) is 0. The molecule has 0 heterocycles. The molecule has 0 saturated carbocycles. The van der Waals surface area contributed by atoms with Gasteiger partial charge in [-0.25, -0.2) is 0 Å². The molecule has 0 atom stereocenters. The fourth-order valence-electron chi connectivity index (χ4n) is 0. The predicted octanol–water partition coefficient (Wildman–Crippen LogP) is -0.883. The maximum atomic E-state index is 0. The van der Waals surface area contributed by atoms with Crippen LogP contribution in [0.1, 0.15) is 0 Å². The summed E-state index contributed by atoms with van der Waals surface area (Å²) in [5.41, 5.74) is 0. The third-order valence-electron chi connectivity index (χ3n) is 0. The smallest absolute Gasteiger partial charge is 2.00 e. The van der Waals surface area contributed by atoms with Crippen molar-refractivity contribution in [1.82, 2.24) is 0 Å². The molecule has 0 rings (SSSR count). The third-order valence-corrected chi connectivity index (χ3v) is 0. The van der Waals surface area contributed by atoms with Gasteiger partial charge in [-0.2, -0.15) is 0 Å². The molecule has 0 amide bonds. The van der Waals surface area contributed by atoms with E-state index in [2.05, 4.69) is 0 Å². The summed E-state index contributed by atoms with van der Waals surface area (Å²) in [5, 5.41) is 0. The van der Waals surface area contributed by atoms with E-state index in [1.807, 2.05) is 0 Å². The molecule has 0 aromatic rings. The van der Waals surface area contributed by atoms with Gasteiger partial charge in [-0.15, -0.1) is 0 Å². The van der Waals surface area contributed by atoms with Gasteiger partial charge in [-0.1, -0.05) is 0 Å². The zero-order valence-electron chi connectivity index (χ0n) is 1.82. The topological polar surface area (TPSA) is 28.5 Å².